The molecule has 6 nitrogen and oxygen atoms in total. The van der Waals surface area contributed by atoms with Gasteiger partial charge in [-0.2, -0.15) is 16.3 Å². The number of aryl methyl sites for hydroxylation is 1. The van der Waals surface area contributed by atoms with Crippen LogP contribution in [-0.2, 0) is 11.2 Å². The first-order valence-electron chi connectivity index (χ1n) is 6.11. The minimum Gasteiger partial charge on any atom is -0.356 e. The van der Waals surface area contributed by atoms with Crippen molar-refractivity contribution < 1.29 is 9.32 Å². The van der Waals surface area contributed by atoms with Crippen molar-refractivity contribution >= 4 is 17.2 Å². The molecule has 0 aliphatic heterocycles. The van der Waals surface area contributed by atoms with Crippen LogP contribution in [0, 0.1) is 0 Å². The van der Waals surface area contributed by atoms with Crippen LogP contribution in [0.25, 0.3) is 11.4 Å². The number of hydrogen-bond acceptors (Lipinski definition) is 6. The van der Waals surface area contributed by atoms with Gasteiger partial charge in [-0.3, -0.25) is 4.79 Å². The first-order chi connectivity index (χ1) is 9.29. The van der Waals surface area contributed by atoms with Crippen LogP contribution in [0.2, 0.25) is 0 Å². The fraction of sp³-hybridized carbons (Fsp3) is 0.417. The van der Waals surface area contributed by atoms with Gasteiger partial charge < -0.3 is 15.6 Å². The molecule has 7 heteroatoms. The zero-order chi connectivity index (χ0) is 13.5. The number of aromatic nitrogens is 2. The maximum atomic E-state index is 11.5. The lowest BCUT2D eigenvalue weighted by atomic mass is 10.3. The topological polar surface area (TPSA) is 94.0 Å². The van der Waals surface area contributed by atoms with E-state index in [4.69, 9.17) is 10.3 Å². The van der Waals surface area contributed by atoms with Gasteiger partial charge in [-0.1, -0.05) is 5.16 Å². The molecule has 1 amide bonds. The van der Waals surface area contributed by atoms with Gasteiger partial charge in [0.1, 0.15) is 0 Å². The van der Waals surface area contributed by atoms with Crippen molar-refractivity contribution in [2.45, 2.75) is 19.3 Å². The Kier molecular flexibility index (Phi) is 5.05. The molecule has 0 atom stereocenters. The van der Waals surface area contributed by atoms with Gasteiger partial charge in [0.25, 0.3) is 0 Å². The summed E-state index contributed by atoms with van der Waals surface area (Å²) >= 11 is 1.58. The highest BCUT2D eigenvalue weighted by Crippen LogP contribution is 2.18. The molecule has 0 aliphatic carbocycles. The Morgan fingerprint density at radius 3 is 3.16 bits per heavy atom. The van der Waals surface area contributed by atoms with Crippen LogP contribution in [0.5, 0.6) is 0 Å². The standard InChI is InChI=1S/C12H16N4O2S/c13-5-1-6-14-10(17)2-3-11-15-12(16-18-11)9-4-7-19-8-9/h4,7-8H,1-3,5-6,13H2,(H,14,17). The van der Waals surface area contributed by atoms with Gasteiger partial charge in [0.05, 0.1) is 0 Å². The van der Waals surface area contributed by atoms with Crippen LogP contribution >= 0.6 is 11.3 Å². The quantitative estimate of drug-likeness (QED) is 0.743. The van der Waals surface area contributed by atoms with Crippen molar-refractivity contribution in [1.29, 1.82) is 0 Å². The molecule has 102 valence electrons. The number of nitrogens with two attached hydrogens (primary N) is 1. The smallest absolute Gasteiger partial charge is 0.227 e. The molecule has 0 saturated heterocycles. The Hall–Kier alpha value is -1.73. The van der Waals surface area contributed by atoms with Gasteiger partial charge in [-0.25, -0.2) is 0 Å². The maximum absolute atomic E-state index is 11.5. The fourth-order valence-electron chi connectivity index (χ4n) is 1.50. The summed E-state index contributed by atoms with van der Waals surface area (Å²) in [6.07, 6.45) is 1.58. The second-order valence-electron chi connectivity index (χ2n) is 4.02. The summed E-state index contributed by atoms with van der Waals surface area (Å²) in [7, 11) is 0. The third-order valence-electron chi connectivity index (χ3n) is 2.52. The third-order valence-corrected chi connectivity index (χ3v) is 3.20. The van der Waals surface area contributed by atoms with Gasteiger partial charge in [0.2, 0.25) is 17.6 Å². The van der Waals surface area contributed by atoms with Crippen LogP contribution in [-0.4, -0.2) is 29.1 Å². The van der Waals surface area contributed by atoms with Crippen LogP contribution in [0.15, 0.2) is 21.3 Å². The molecule has 19 heavy (non-hydrogen) atoms. The molecule has 0 radical (unpaired) electrons. The second-order valence-corrected chi connectivity index (χ2v) is 4.80. The van der Waals surface area contributed by atoms with Crippen LogP contribution < -0.4 is 11.1 Å². The van der Waals surface area contributed by atoms with Gasteiger partial charge in [0.15, 0.2) is 0 Å². The molecule has 2 aromatic rings. The van der Waals surface area contributed by atoms with E-state index < -0.39 is 0 Å². The molecule has 0 spiro atoms. The molecule has 0 saturated carbocycles. The number of rotatable bonds is 7. The van der Waals surface area contributed by atoms with E-state index >= 15 is 0 Å². The summed E-state index contributed by atoms with van der Waals surface area (Å²) in [5.74, 6) is 1.03. The van der Waals surface area contributed by atoms with Crippen molar-refractivity contribution in [2.24, 2.45) is 5.73 Å². The van der Waals surface area contributed by atoms with Crippen LogP contribution in [0.1, 0.15) is 18.7 Å². The molecule has 0 aromatic carbocycles. The van der Waals surface area contributed by atoms with E-state index in [0.29, 0.717) is 37.6 Å². The van der Waals surface area contributed by atoms with Gasteiger partial charge >= 0.3 is 0 Å². The van der Waals surface area contributed by atoms with Crippen molar-refractivity contribution in [2.75, 3.05) is 13.1 Å². The molecule has 0 aliphatic rings. The summed E-state index contributed by atoms with van der Waals surface area (Å²) in [6.45, 7) is 1.19. The Balaban J connectivity index is 1.79. The minimum atomic E-state index is -0.0243. The Labute approximate surface area is 115 Å². The van der Waals surface area contributed by atoms with E-state index in [-0.39, 0.29) is 5.91 Å². The Morgan fingerprint density at radius 1 is 1.53 bits per heavy atom. The molecule has 0 bridgehead atoms. The molecule has 2 rings (SSSR count). The Bertz CT molecular complexity index is 510. The minimum absolute atomic E-state index is 0.0243. The summed E-state index contributed by atoms with van der Waals surface area (Å²) in [5.41, 5.74) is 6.28. The summed E-state index contributed by atoms with van der Waals surface area (Å²) in [5, 5.41) is 10.6. The first-order valence-corrected chi connectivity index (χ1v) is 7.06. The molecule has 0 fully saturated rings. The SMILES string of the molecule is NCCCNC(=O)CCc1nc(-c2ccsc2)no1. The number of nitrogens with one attached hydrogen (secondary N) is 1. The Morgan fingerprint density at radius 2 is 2.42 bits per heavy atom. The monoisotopic (exact) mass is 280 g/mol. The lowest BCUT2D eigenvalue weighted by Crippen LogP contribution is -2.26. The highest BCUT2D eigenvalue weighted by molar-refractivity contribution is 7.08. The van der Waals surface area contributed by atoms with E-state index in [1.54, 1.807) is 11.3 Å². The van der Waals surface area contributed by atoms with E-state index in [9.17, 15) is 4.79 Å². The van der Waals surface area contributed by atoms with Crippen molar-refractivity contribution in [3.63, 3.8) is 0 Å². The highest BCUT2D eigenvalue weighted by atomic mass is 32.1. The fourth-order valence-corrected chi connectivity index (χ4v) is 2.14. The molecule has 2 heterocycles. The molecular weight excluding hydrogens is 264 g/mol. The summed E-state index contributed by atoms with van der Waals surface area (Å²) < 4.78 is 5.11. The lowest BCUT2D eigenvalue weighted by Gasteiger charge is -2.01. The number of amides is 1. The summed E-state index contributed by atoms with van der Waals surface area (Å²) in [4.78, 5) is 15.7. The zero-order valence-corrected chi connectivity index (χ0v) is 11.3. The van der Waals surface area contributed by atoms with E-state index in [0.717, 1.165) is 12.0 Å². The average Bonchev–Trinajstić information content (AvgIpc) is 3.07. The molecule has 0 unspecified atom stereocenters. The average molecular weight is 280 g/mol. The second kappa shape index (κ2) is 7.01. The first kappa shape index (κ1) is 13.7. The van der Waals surface area contributed by atoms with Crippen LogP contribution in [0.3, 0.4) is 0 Å². The van der Waals surface area contributed by atoms with Crippen molar-refractivity contribution in [3.8, 4) is 11.4 Å². The zero-order valence-electron chi connectivity index (χ0n) is 10.5. The number of nitrogens with zero attached hydrogens (tertiary/aromatic N) is 2. The number of carbonyl (C=O) groups excluding carboxylic acids is 1. The van der Waals surface area contributed by atoms with E-state index in [1.807, 2.05) is 16.8 Å². The number of thiophene rings is 1. The van der Waals surface area contributed by atoms with E-state index in [1.165, 1.54) is 0 Å². The van der Waals surface area contributed by atoms with Gasteiger partial charge in [-0.05, 0) is 24.4 Å². The molecule has 2 aromatic heterocycles. The molecular formula is C12H16N4O2S. The summed E-state index contributed by atoms with van der Waals surface area (Å²) in [6, 6.07) is 1.93. The number of hydrogen-bond donors (Lipinski definition) is 2. The third kappa shape index (κ3) is 4.15. The van der Waals surface area contributed by atoms with Gasteiger partial charge in [0, 0.05) is 30.3 Å². The predicted octanol–water partition coefficient (Wildman–Crippen LogP) is 1.20. The highest BCUT2D eigenvalue weighted by Gasteiger charge is 2.10. The van der Waals surface area contributed by atoms with Crippen molar-refractivity contribution in [3.05, 3.63) is 22.7 Å². The number of carbonyl (C=O) groups is 1. The maximum Gasteiger partial charge on any atom is 0.227 e. The normalized spacial score (nSPS) is 10.6. The predicted molar refractivity (Wildman–Crippen MR) is 72.6 cm³/mol. The van der Waals surface area contributed by atoms with Gasteiger partial charge in [-0.15, -0.1) is 0 Å². The van der Waals surface area contributed by atoms with Crippen LogP contribution in [0.4, 0.5) is 0 Å². The largest absolute Gasteiger partial charge is 0.356 e. The lowest BCUT2D eigenvalue weighted by molar-refractivity contribution is -0.121. The van der Waals surface area contributed by atoms with Crippen molar-refractivity contribution in [1.82, 2.24) is 15.5 Å². The molecule has 3 N–H and O–H groups in total. The van der Waals surface area contributed by atoms with E-state index in [2.05, 4.69) is 15.5 Å².